The molecule has 0 aliphatic rings. The Morgan fingerprint density at radius 2 is 1.52 bits per heavy atom. The average Bonchev–Trinajstić information content (AvgIpc) is 2.74. The SMILES string of the molecule is Cc1ccccc1CSC(Nc1ccccc1)=C(C#N)S(=O)(=O)c1ccccc1. The number of hydrogen-bond donors (Lipinski definition) is 1. The number of allylic oxidation sites excluding steroid dienone is 1. The molecule has 0 atom stereocenters. The minimum Gasteiger partial charge on any atom is -0.349 e. The van der Waals surface area contributed by atoms with Crippen LogP contribution < -0.4 is 5.32 Å². The van der Waals surface area contributed by atoms with Gasteiger partial charge in [0, 0.05) is 11.4 Å². The number of nitrogens with one attached hydrogen (secondary N) is 1. The summed E-state index contributed by atoms with van der Waals surface area (Å²) in [6.45, 7) is 2.01. The van der Waals surface area contributed by atoms with E-state index in [1.54, 1.807) is 18.2 Å². The largest absolute Gasteiger partial charge is 0.349 e. The second kappa shape index (κ2) is 9.46. The monoisotopic (exact) mass is 420 g/mol. The van der Waals surface area contributed by atoms with Crippen molar-refractivity contribution in [3.05, 3.63) is 106 Å². The lowest BCUT2D eigenvalue weighted by Gasteiger charge is -2.14. The number of rotatable bonds is 7. The fraction of sp³-hybridized carbons (Fsp3) is 0.0870. The molecule has 0 amide bonds. The molecule has 6 heteroatoms. The molecule has 0 fully saturated rings. The van der Waals surface area contributed by atoms with E-state index < -0.39 is 9.84 Å². The molecule has 0 spiro atoms. The van der Waals surface area contributed by atoms with E-state index in [4.69, 9.17) is 0 Å². The van der Waals surface area contributed by atoms with E-state index in [9.17, 15) is 13.7 Å². The molecule has 0 unspecified atom stereocenters. The van der Waals surface area contributed by atoms with Crippen LogP contribution in [-0.2, 0) is 15.6 Å². The van der Waals surface area contributed by atoms with Crippen molar-refractivity contribution in [1.82, 2.24) is 0 Å². The first-order chi connectivity index (χ1) is 14.0. The highest BCUT2D eigenvalue weighted by molar-refractivity contribution is 8.04. The summed E-state index contributed by atoms with van der Waals surface area (Å²) in [5.41, 5.74) is 2.92. The maximum absolute atomic E-state index is 13.1. The second-order valence-electron chi connectivity index (χ2n) is 6.29. The number of nitrogens with zero attached hydrogens (tertiary/aromatic N) is 1. The molecule has 0 saturated heterocycles. The van der Waals surface area contributed by atoms with Crippen molar-refractivity contribution >= 4 is 27.3 Å². The summed E-state index contributed by atoms with van der Waals surface area (Å²) in [5.74, 6) is 0.539. The van der Waals surface area contributed by atoms with Crippen LogP contribution in [0.15, 0.2) is 99.8 Å². The van der Waals surface area contributed by atoms with Gasteiger partial charge in [0.2, 0.25) is 9.84 Å². The minimum atomic E-state index is -3.95. The molecule has 1 N–H and O–H groups in total. The van der Waals surface area contributed by atoms with Gasteiger partial charge in [0.05, 0.1) is 4.90 Å². The lowest BCUT2D eigenvalue weighted by molar-refractivity contribution is 0.603. The molecule has 0 aliphatic heterocycles. The van der Waals surface area contributed by atoms with E-state index in [0.717, 1.165) is 16.8 Å². The summed E-state index contributed by atoms with van der Waals surface area (Å²) in [6.07, 6.45) is 0. The van der Waals surface area contributed by atoms with Gasteiger partial charge in [-0.15, -0.1) is 11.8 Å². The molecule has 0 radical (unpaired) electrons. The van der Waals surface area contributed by atoms with Crippen LogP contribution >= 0.6 is 11.8 Å². The highest BCUT2D eigenvalue weighted by Crippen LogP contribution is 2.31. The molecular weight excluding hydrogens is 400 g/mol. The zero-order chi connectivity index (χ0) is 20.7. The molecule has 146 valence electrons. The third-order valence-electron chi connectivity index (χ3n) is 4.29. The first-order valence-electron chi connectivity index (χ1n) is 8.96. The molecule has 0 heterocycles. The Labute approximate surface area is 175 Å². The summed E-state index contributed by atoms with van der Waals surface area (Å²) in [5, 5.41) is 13.2. The number of nitriles is 1. The van der Waals surface area contributed by atoms with Crippen LogP contribution in [0.25, 0.3) is 0 Å². The van der Waals surface area contributed by atoms with E-state index >= 15 is 0 Å². The molecule has 29 heavy (non-hydrogen) atoms. The van der Waals surface area contributed by atoms with Gasteiger partial charge in [-0.1, -0.05) is 60.7 Å². The van der Waals surface area contributed by atoms with Crippen LogP contribution in [0.1, 0.15) is 11.1 Å². The summed E-state index contributed by atoms with van der Waals surface area (Å²) >= 11 is 1.30. The molecule has 3 rings (SSSR count). The predicted octanol–water partition coefficient (Wildman–Crippen LogP) is 5.51. The Kier molecular flexibility index (Phi) is 6.76. The van der Waals surface area contributed by atoms with E-state index in [-0.39, 0.29) is 9.80 Å². The minimum absolute atomic E-state index is 0.0976. The van der Waals surface area contributed by atoms with Crippen molar-refractivity contribution in [1.29, 1.82) is 5.26 Å². The summed E-state index contributed by atoms with van der Waals surface area (Å²) in [6, 6.07) is 27.1. The van der Waals surface area contributed by atoms with Crippen molar-refractivity contribution in [2.24, 2.45) is 0 Å². The Morgan fingerprint density at radius 1 is 0.931 bits per heavy atom. The number of sulfone groups is 1. The number of anilines is 1. The Hall–Kier alpha value is -3.01. The zero-order valence-corrected chi connectivity index (χ0v) is 17.5. The molecule has 0 aliphatic carbocycles. The third kappa shape index (κ3) is 5.08. The van der Waals surface area contributed by atoms with Gasteiger partial charge in [0.1, 0.15) is 11.1 Å². The molecule has 0 saturated carbocycles. The fourth-order valence-corrected chi connectivity index (χ4v) is 5.35. The van der Waals surface area contributed by atoms with Gasteiger partial charge in [-0.25, -0.2) is 8.42 Å². The molecule has 0 bridgehead atoms. The van der Waals surface area contributed by atoms with Gasteiger partial charge < -0.3 is 5.32 Å². The van der Waals surface area contributed by atoms with E-state index in [2.05, 4.69) is 5.32 Å². The van der Waals surface area contributed by atoms with Crippen molar-refractivity contribution in [3.8, 4) is 6.07 Å². The topological polar surface area (TPSA) is 70.0 Å². The van der Waals surface area contributed by atoms with Gasteiger partial charge in [-0.3, -0.25) is 0 Å². The summed E-state index contributed by atoms with van der Waals surface area (Å²) in [7, 11) is -3.95. The van der Waals surface area contributed by atoms with E-state index in [1.807, 2.05) is 67.6 Å². The van der Waals surface area contributed by atoms with Crippen LogP contribution in [-0.4, -0.2) is 8.42 Å². The van der Waals surface area contributed by atoms with Gasteiger partial charge in [-0.2, -0.15) is 5.26 Å². The van der Waals surface area contributed by atoms with Crippen molar-refractivity contribution < 1.29 is 8.42 Å². The number of para-hydroxylation sites is 1. The Balaban J connectivity index is 2.04. The predicted molar refractivity (Wildman–Crippen MR) is 119 cm³/mol. The highest BCUT2D eigenvalue weighted by atomic mass is 32.2. The van der Waals surface area contributed by atoms with Crippen molar-refractivity contribution in [2.45, 2.75) is 17.6 Å². The van der Waals surface area contributed by atoms with E-state index in [1.165, 1.54) is 23.9 Å². The van der Waals surface area contributed by atoms with Crippen LogP contribution in [0.4, 0.5) is 5.69 Å². The lowest BCUT2D eigenvalue weighted by atomic mass is 10.1. The molecule has 3 aromatic rings. The Morgan fingerprint density at radius 3 is 2.14 bits per heavy atom. The number of aryl methyl sites for hydroxylation is 1. The van der Waals surface area contributed by atoms with Crippen LogP contribution in [0.2, 0.25) is 0 Å². The number of thioether (sulfide) groups is 1. The summed E-state index contributed by atoms with van der Waals surface area (Å²) in [4.78, 5) is -0.188. The molecule has 4 nitrogen and oxygen atoms in total. The zero-order valence-electron chi connectivity index (χ0n) is 15.9. The van der Waals surface area contributed by atoms with Crippen LogP contribution in [0.3, 0.4) is 0 Å². The number of hydrogen-bond acceptors (Lipinski definition) is 5. The maximum Gasteiger partial charge on any atom is 0.219 e. The van der Waals surface area contributed by atoms with Crippen LogP contribution in [0, 0.1) is 18.3 Å². The normalized spacial score (nSPS) is 12.0. The standard InChI is InChI=1S/C23H20N2O2S2/c1-18-10-8-9-11-19(18)17-28-23(25-20-12-4-2-5-13-20)22(16-24)29(26,27)21-14-6-3-7-15-21/h2-15,25H,17H2,1H3. The highest BCUT2D eigenvalue weighted by Gasteiger charge is 2.25. The third-order valence-corrected chi connectivity index (χ3v) is 7.20. The van der Waals surface area contributed by atoms with Crippen molar-refractivity contribution in [3.63, 3.8) is 0 Å². The molecular formula is C23H20N2O2S2. The molecule has 0 aromatic heterocycles. The number of benzene rings is 3. The first kappa shape index (κ1) is 20.7. The van der Waals surface area contributed by atoms with Gasteiger partial charge >= 0.3 is 0 Å². The summed E-state index contributed by atoms with van der Waals surface area (Å²) < 4.78 is 26.3. The molecule has 3 aromatic carbocycles. The maximum atomic E-state index is 13.1. The van der Waals surface area contributed by atoms with Crippen LogP contribution in [0.5, 0.6) is 0 Å². The smallest absolute Gasteiger partial charge is 0.219 e. The van der Waals surface area contributed by atoms with Gasteiger partial charge in [0.25, 0.3) is 0 Å². The second-order valence-corrected chi connectivity index (χ2v) is 9.16. The van der Waals surface area contributed by atoms with E-state index in [0.29, 0.717) is 10.8 Å². The lowest BCUT2D eigenvalue weighted by Crippen LogP contribution is -2.10. The first-order valence-corrected chi connectivity index (χ1v) is 11.4. The van der Waals surface area contributed by atoms with Crippen molar-refractivity contribution in [2.75, 3.05) is 5.32 Å². The fourth-order valence-electron chi connectivity index (χ4n) is 2.68. The quantitative estimate of drug-likeness (QED) is 0.511. The van der Waals surface area contributed by atoms with Gasteiger partial charge in [-0.05, 0) is 42.3 Å². The average molecular weight is 421 g/mol. The van der Waals surface area contributed by atoms with Gasteiger partial charge in [0.15, 0.2) is 4.91 Å². The Bertz CT molecular complexity index is 1150.